The SMILES string of the molecule is CCCCCCCCCCCCCCCCCCCCCCCCCCNC(CO[C@H]1O[C@H](COC(=S)Nc2cccc(Cl)c2)[C@H](O)[C@H](O)[C@H]1O)C(O)C(O)CCCCCCCCCCCCCCC(O[C@H]1O[C@H](COC(=S)Nc2ccccc2Cl)[C@H](O)[C@H](O)[C@H]1O)[C@@H](NCCCCCCCCCCCCCCCCCCCCCCCCCC)[C@H](O)[C@H](O)CCCCCCCCCCCCCC. The van der Waals surface area contributed by atoms with Crippen molar-refractivity contribution in [1.29, 1.82) is 0 Å². The molecule has 2 aromatic carbocycles. The monoisotopic (exact) mass is 2020 g/mol. The van der Waals surface area contributed by atoms with Gasteiger partial charge in [-0.25, -0.2) is 0 Å². The lowest BCUT2D eigenvalue weighted by Crippen LogP contribution is -2.62. The topological polar surface area (TPSA) is 306 Å². The normalized spacial score (nSPS) is 20.1. The maximum atomic E-state index is 12.4. The molecule has 2 saturated heterocycles. The van der Waals surface area contributed by atoms with E-state index in [1.165, 1.54) is 321 Å². The maximum Gasteiger partial charge on any atom is 0.261 e. The van der Waals surface area contributed by atoms with Crippen LogP contribution in [-0.4, -0.2) is 198 Å². The van der Waals surface area contributed by atoms with Crippen LogP contribution in [0.15, 0.2) is 48.5 Å². The fraction of sp³-hybridized carbons (Fsp3) is 0.877. The minimum Gasteiger partial charge on any atom is -0.468 e. The van der Waals surface area contributed by atoms with Crippen LogP contribution in [-0.2, 0) is 28.4 Å². The minimum atomic E-state index is -1.65. The first-order chi connectivity index (χ1) is 67.4. The molecule has 14 N–H and O–H groups in total. The first-order valence-electron chi connectivity index (χ1n) is 57.6. The summed E-state index contributed by atoms with van der Waals surface area (Å²) in [6, 6.07) is 12.5. The van der Waals surface area contributed by atoms with Gasteiger partial charge in [0.15, 0.2) is 12.6 Å². The number of ether oxygens (including phenoxy) is 6. The van der Waals surface area contributed by atoms with E-state index in [4.69, 9.17) is 76.1 Å². The summed E-state index contributed by atoms with van der Waals surface area (Å²) in [5.74, 6) is 0. The number of benzene rings is 2. The lowest BCUT2D eigenvalue weighted by atomic mass is 9.92. The van der Waals surface area contributed by atoms with Crippen LogP contribution in [0.5, 0.6) is 0 Å². The smallest absolute Gasteiger partial charge is 0.261 e. The Bertz CT molecular complexity index is 3080. The number of rotatable bonds is 96. The molecule has 2 aliphatic rings. The van der Waals surface area contributed by atoms with E-state index in [1.54, 1.807) is 42.5 Å². The second kappa shape index (κ2) is 88.8. The molecule has 20 nitrogen and oxygen atoms in total. The average molecular weight is 2030 g/mol. The van der Waals surface area contributed by atoms with Crippen molar-refractivity contribution in [2.45, 2.75) is 606 Å². The lowest BCUT2D eigenvalue weighted by Gasteiger charge is -2.43. The second-order valence-electron chi connectivity index (χ2n) is 41.4. The first kappa shape index (κ1) is 128. The van der Waals surface area contributed by atoms with Gasteiger partial charge in [-0.1, -0.05) is 512 Å². The predicted octanol–water partition coefficient (Wildman–Crippen LogP) is 27.8. The van der Waals surface area contributed by atoms with Crippen LogP contribution in [0.2, 0.25) is 10.0 Å². The second-order valence-corrected chi connectivity index (χ2v) is 43.0. The number of hydrogen-bond donors (Lipinski definition) is 14. The van der Waals surface area contributed by atoms with E-state index in [2.05, 4.69) is 42.0 Å². The van der Waals surface area contributed by atoms with Crippen LogP contribution in [0.1, 0.15) is 502 Å². The first-order valence-corrected chi connectivity index (χ1v) is 59.2. The van der Waals surface area contributed by atoms with Gasteiger partial charge in [0.25, 0.3) is 10.3 Å². The number of aliphatic hydroxyl groups is 10. The van der Waals surface area contributed by atoms with E-state index in [-0.39, 0.29) is 30.2 Å². The van der Waals surface area contributed by atoms with Crippen molar-refractivity contribution in [3.05, 3.63) is 58.6 Å². The van der Waals surface area contributed by atoms with E-state index in [9.17, 15) is 51.1 Å². The van der Waals surface area contributed by atoms with Gasteiger partial charge in [0.1, 0.15) is 62.0 Å². The van der Waals surface area contributed by atoms with Crippen LogP contribution >= 0.6 is 47.6 Å². The molecule has 0 bridgehead atoms. The molecule has 806 valence electrons. The van der Waals surface area contributed by atoms with E-state index in [0.717, 1.165) is 141 Å². The summed E-state index contributed by atoms with van der Waals surface area (Å²) in [7, 11) is 0. The zero-order chi connectivity index (χ0) is 99.6. The molecule has 2 aliphatic heterocycles. The molecular weight excluding hydrogens is 1820 g/mol. The highest BCUT2D eigenvalue weighted by Crippen LogP contribution is 2.32. The number of unbranched alkanes of at least 4 members (excludes halogenated alkanes) is 68. The summed E-state index contributed by atoms with van der Waals surface area (Å²) in [6.45, 7) is 7.30. The molecule has 0 radical (unpaired) electrons. The molecule has 2 heterocycles. The summed E-state index contributed by atoms with van der Waals surface area (Å²) in [4.78, 5) is 0. The van der Waals surface area contributed by atoms with E-state index >= 15 is 0 Å². The molecule has 4 rings (SSSR count). The zero-order valence-corrected chi connectivity index (χ0v) is 90.6. The molecule has 0 amide bonds. The van der Waals surface area contributed by atoms with Crippen molar-refractivity contribution >= 4 is 69.4 Å². The summed E-state index contributed by atoms with van der Waals surface area (Å²) in [5, 5.41) is 129. The molecule has 138 heavy (non-hydrogen) atoms. The van der Waals surface area contributed by atoms with Crippen LogP contribution in [0.3, 0.4) is 0 Å². The van der Waals surface area contributed by atoms with Gasteiger partial charge < -0.3 is 101 Å². The molecular formula is C114H208Cl2N4O16S2. The maximum absolute atomic E-state index is 12.4. The van der Waals surface area contributed by atoms with Crippen molar-refractivity contribution in [3.8, 4) is 0 Å². The van der Waals surface area contributed by atoms with E-state index in [0.29, 0.717) is 53.8 Å². The Kier molecular flexibility index (Phi) is 82.4. The van der Waals surface area contributed by atoms with Gasteiger partial charge in [0.05, 0.1) is 59.9 Å². The largest absolute Gasteiger partial charge is 0.468 e. The summed E-state index contributed by atoms with van der Waals surface area (Å²) in [5.41, 5.74) is 1.13. The van der Waals surface area contributed by atoms with Gasteiger partial charge in [0, 0.05) is 10.7 Å². The number of hydrogen-bond acceptors (Lipinski definition) is 20. The van der Waals surface area contributed by atoms with Crippen molar-refractivity contribution in [3.63, 3.8) is 0 Å². The van der Waals surface area contributed by atoms with Crippen LogP contribution in [0.4, 0.5) is 11.4 Å². The number of anilines is 2. The Balaban J connectivity index is 1.27. The van der Waals surface area contributed by atoms with Gasteiger partial charge in [0.2, 0.25) is 0 Å². The Morgan fingerprint density at radius 2 is 0.638 bits per heavy atom. The third-order valence-electron chi connectivity index (χ3n) is 28.9. The van der Waals surface area contributed by atoms with Crippen molar-refractivity contribution in [2.75, 3.05) is 43.5 Å². The average Bonchev–Trinajstić information content (AvgIpc) is 0.806. The van der Waals surface area contributed by atoms with Crippen molar-refractivity contribution in [1.82, 2.24) is 10.6 Å². The quantitative estimate of drug-likeness (QED) is 0.0216. The van der Waals surface area contributed by atoms with Crippen molar-refractivity contribution < 1.29 is 79.5 Å². The molecule has 0 spiro atoms. The van der Waals surface area contributed by atoms with E-state index in [1.807, 2.05) is 6.07 Å². The molecule has 17 atom stereocenters. The number of para-hydroxylation sites is 1. The highest BCUT2D eigenvalue weighted by Gasteiger charge is 2.48. The fourth-order valence-electron chi connectivity index (χ4n) is 19.8. The Labute approximate surface area is 862 Å². The minimum absolute atomic E-state index is 0.0123. The predicted molar refractivity (Wildman–Crippen MR) is 582 cm³/mol. The third kappa shape index (κ3) is 64.8. The third-order valence-corrected chi connectivity index (χ3v) is 29.9. The fourth-order valence-corrected chi connectivity index (χ4v) is 20.5. The molecule has 2 aromatic rings. The molecule has 2 fully saturated rings. The molecule has 24 heteroatoms. The summed E-state index contributed by atoms with van der Waals surface area (Å²) < 4.78 is 36.9. The number of aliphatic hydroxyl groups excluding tert-OH is 10. The molecule has 0 aliphatic carbocycles. The zero-order valence-electron chi connectivity index (χ0n) is 87.5. The molecule has 4 unspecified atom stereocenters. The van der Waals surface area contributed by atoms with Gasteiger partial charge in [-0.05, 0) is 100.0 Å². The molecule has 0 saturated carbocycles. The van der Waals surface area contributed by atoms with Crippen LogP contribution in [0, 0.1) is 0 Å². The number of nitrogens with one attached hydrogen (secondary N) is 4. The summed E-state index contributed by atoms with van der Waals surface area (Å²) in [6.07, 6.45) is 70.6. The van der Waals surface area contributed by atoms with Crippen LogP contribution < -0.4 is 21.3 Å². The highest BCUT2D eigenvalue weighted by atomic mass is 35.5. The van der Waals surface area contributed by atoms with Gasteiger partial charge in [-0.2, -0.15) is 0 Å². The van der Waals surface area contributed by atoms with Gasteiger partial charge >= 0.3 is 0 Å². The highest BCUT2D eigenvalue weighted by molar-refractivity contribution is 7.80. The summed E-state index contributed by atoms with van der Waals surface area (Å²) >= 11 is 23.5. The van der Waals surface area contributed by atoms with Crippen LogP contribution in [0.25, 0.3) is 0 Å². The molecule has 0 aromatic heterocycles. The lowest BCUT2D eigenvalue weighted by molar-refractivity contribution is -0.314. The standard InChI is InChI=1S/C114H208Cl2N4O16S2/c1-4-7-10-13-16-19-22-25-27-29-31-33-35-37-39-41-43-45-49-54-59-64-69-76-86-117-96(89-131-111-109(129)107(127)105(125)100(135-111)90-132-113(137)119-93-80-78-79-92(115)88-93)103(123)97(121)83-71-66-61-56-52-47-48-53-58-63-68-73-85-99(134-112-110(130)108(128)106(126)101(136-112)91-133-114(138)120-95-82-75-74-81-94(95)116)102(104(124)98(122)84-72-67-62-57-51-24-21-18-15-12-9-6-3)118-87-77-70-65-60-55-50-46-44-42-40-38-36-34-32-30-28-26-23-20-17-14-11-8-5-2/h74-75,78-82,88,96-112,117-118,121-130H,4-73,76-77,83-87,89-91H2,1-3H3,(H,119,137)(H,120,138)/t96?,97?,98-,99?,100-,101-,102-,103?,104-,105+,106+,107+,108+,109-,110-,111+,112+/m1/s1. The number of halogens is 2. The van der Waals surface area contributed by atoms with Gasteiger partial charge in [-0.15, -0.1) is 0 Å². The van der Waals surface area contributed by atoms with Crippen molar-refractivity contribution in [2.24, 2.45) is 0 Å². The number of thiocarbonyl (C=S) groups is 2. The Hall–Kier alpha value is -2.24. The Morgan fingerprint density at radius 1 is 0.333 bits per heavy atom. The van der Waals surface area contributed by atoms with Gasteiger partial charge in [-0.3, -0.25) is 0 Å². The van der Waals surface area contributed by atoms with E-state index < -0.39 is 104 Å². The Morgan fingerprint density at radius 3 is 0.993 bits per heavy atom.